The van der Waals surface area contributed by atoms with Gasteiger partial charge in [-0.2, -0.15) is 4.98 Å². The Bertz CT molecular complexity index is 873. The first-order chi connectivity index (χ1) is 11.2. The number of amides is 1. The Hall–Kier alpha value is -2.99. The van der Waals surface area contributed by atoms with Gasteiger partial charge in [-0.05, 0) is 29.3 Å². The third kappa shape index (κ3) is 2.39. The fourth-order valence-electron chi connectivity index (χ4n) is 2.65. The molecule has 0 fully saturated rings. The number of aromatic nitrogens is 2. The summed E-state index contributed by atoms with van der Waals surface area (Å²) in [5, 5.41) is 6.77. The smallest absolute Gasteiger partial charge is 0.258 e. The molecule has 2 aromatic carbocycles. The van der Waals surface area contributed by atoms with Crippen molar-refractivity contribution in [1.82, 2.24) is 15.5 Å². The van der Waals surface area contributed by atoms with Gasteiger partial charge in [0.15, 0.2) is 5.82 Å². The van der Waals surface area contributed by atoms with E-state index in [0.717, 1.165) is 16.7 Å². The van der Waals surface area contributed by atoms with Crippen molar-refractivity contribution in [1.29, 1.82) is 0 Å². The van der Waals surface area contributed by atoms with Crippen LogP contribution >= 0.6 is 0 Å². The molecule has 1 amide bonds. The van der Waals surface area contributed by atoms with Gasteiger partial charge in [-0.1, -0.05) is 35.5 Å². The van der Waals surface area contributed by atoms with Gasteiger partial charge in [0.05, 0.1) is 6.04 Å². The molecule has 0 aliphatic carbocycles. The van der Waals surface area contributed by atoms with Gasteiger partial charge in [0.2, 0.25) is 0 Å². The maximum atomic E-state index is 11.6. The van der Waals surface area contributed by atoms with E-state index in [1.807, 2.05) is 36.4 Å². The highest BCUT2D eigenvalue weighted by atomic mass is 16.5. The number of nitrogens with zero attached hydrogens (tertiary/aromatic N) is 2. The number of fused-ring (bicyclic) bond motifs is 1. The molecule has 1 aliphatic heterocycles. The fourth-order valence-corrected chi connectivity index (χ4v) is 2.65. The molecule has 6 heteroatoms. The molecular weight excluding hydrogens is 292 g/mol. The third-order valence-electron chi connectivity index (χ3n) is 3.91. The predicted octanol–water partition coefficient (Wildman–Crippen LogP) is 2.03. The fraction of sp³-hybridized carbons (Fsp3) is 0.118. The molecule has 2 heterocycles. The first kappa shape index (κ1) is 13.7. The Kier molecular flexibility index (Phi) is 3.17. The molecule has 0 spiro atoms. The summed E-state index contributed by atoms with van der Waals surface area (Å²) >= 11 is 0. The second-order valence-electron chi connectivity index (χ2n) is 5.40. The summed E-state index contributed by atoms with van der Waals surface area (Å²) in [5.41, 5.74) is 9.49. The number of nitrogens with two attached hydrogens (primary N) is 1. The van der Waals surface area contributed by atoms with Crippen LogP contribution in [0.4, 0.5) is 0 Å². The summed E-state index contributed by atoms with van der Waals surface area (Å²) in [5.74, 6) is 0.776. The van der Waals surface area contributed by atoms with Crippen LogP contribution < -0.4 is 11.1 Å². The number of carbonyl (C=O) groups is 1. The maximum absolute atomic E-state index is 11.6. The summed E-state index contributed by atoms with van der Waals surface area (Å²) < 4.78 is 5.33. The Balaban J connectivity index is 1.65. The van der Waals surface area contributed by atoms with Crippen LogP contribution in [-0.4, -0.2) is 16.0 Å². The highest BCUT2D eigenvalue weighted by Crippen LogP contribution is 2.25. The largest absolute Gasteiger partial charge is 0.348 e. The SMILES string of the molecule is NC(c1ccccc1)c1noc(-c2ccc3c(c2)CNC3=O)n1. The van der Waals surface area contributed by atoms with Crippen LogP contribution in [0.3, 0.4) is 0 Å². The van der Waals surface area contributed by atoms with E-state index in [0.29, 0.717) is 23.8 Å². The number of hydrogen-bond donors (Lipinski definition) is 2. The van der Waals surface area contributed by atoms with Crippen molar-refractivity contribution in [2.24, 2.45) is 5.73 Å². The van der Waals surface area contributed by atoms with Gasteiger partial charge in [-0.3, -0.25) is 4.79 Å². The Morgan fingerprint density at radius 3 is 2.83 bits per heavy atom. The van der Waals surface area contributed by atoms with Crippen LogP contribution in [0.2, 0.25) is 0 Å². The Morgan fingerprint density at radius 2 is 2.00 bits per heavy atom. The molecule has 1 atom stereocenters. The van der Waals surface area contributed by atoms with Crippen molar-refractivity contribution in [3.63, 3.8) is 0 Å². The van der Waals surface area contributed by atoms with Crippen molar-refractivity contribution in [3.8, 4) is 11.5 Å². The summed E-state index contributed by atoms with van der Waals surface area (Å²) in [7, 11) is 0. The topological polar surface area (TPSA) is 94.0 Å². The summed E-state index contributed by atoms with van der Waals surface area (Å²) in [4.78, 5) is 16.0. The molecule has 3 aromatic rings. The quantitative estimate of drug-likeness (QED) is 0.772. The lowest BCUT2D eigenvalue weighted by Crippen LogP contribution is -2.13. The average Bonchev–Trinajstić information content (AvgIpc) is 3.22. The first-order valence-electron chi connectivity index (χ1n) is 7.28. The first-order valence-corrected chi connectivity index (χ1v) is 7.28. The molecule has 1 unspecified atom stereocenters. The number of carbonyl (C=O) groups excluding carboxylic acids is 1. The van der Waals surface area contributed by atoms with Gasteiger partial charge in [-0.25, -0.2) is 0 Å². The van der Waals surface area contributed by atoms with E-state index in [4.69, 9.17) is 10.3 Å². The van der Waals surface area contributed by atoms with Crippen molar-refractivity contribution in [2.45, 2.75) is 12.6 Å². The predicted molar refractivity (Wildman–Crippen MR) is 83.4 cm³/mol. The van der Waals surface area contributed by atoms with Crippen molar-refractivity contribution in [2.75, 3.05) is 0 Å². The molecule has 0 bridgehead atoms. The third-order valence-corrected chi connectivity index (χ3v) is 3.91. The van der Waals surface area contributed by atoms with Crippen molar-refractivity contribution in [3.05, 3.63) is 71.0 Å². The van der Waals surface area contributed by atoms with Gasteiger partial charge in [-0.15, -0.1) is 0 Å². The molecule has 1 aliphatic rings. The standard InChI is InChI=1S/C17H14N4O2/c18-14(10-4-2-1-3-5-10)15-20-17(23-21-15)11-6-7-13-12(8-11)9-19-16(13)22/h1-8,14H,9,18H2,(H,19,22). The van der Waals surface area contributed by atoms with Crippen LogP contribution in [0, 0.1) is 0 Å². The van der Waals surface area contributed by atoms with Crippen LogP contribution in [0.25, 0.3) is 11.5 Å². The van der Waals surface area contributed by atoms with Gasteiger partial charge in [0.25, 0.3) is 11.8 Å². The van der Waals surface area contributed by atoms with E-state index in [9.17, 15) is 4.79 Å². The van der Waals surface area contributed by atoms with E-state index in [2.05, 4.69) is 15.5 Å². The van der Waals surface area contributed by atoms with Crippen LogP contribution in [-0.2, 0) is 6.54 Å². The minimum atomic E-state index is -0.439. The molecule has 0 saturated heterocycles. The second kappa shape index (κ2) is 5.33. The summed E-state index contributed by atoms with van der Waals surface area (Å²) in [6.45, 7) is 0.520. The summed E-state index contributed by atoms with van der Waals surface area (Å²) in [6, 6.07) is 14.6. The van der Waals surface area contributed by atoms with E-state index < -0.39 is 6.04 Å². The minimum Gasteiger partial charge on any atom is -0.348 e. The van der Waals surface area contributed by atoms with Crippen molar-refractivity contribution >= 4 is 5.91 Å². The molecule has 0 saturated carbocycles. The van der Waals surface area contributed by atoms with Gasteiger partial charge in [0, 0.05) is 17.7 Å². The lowest BCUT2D eigenvalue weighted by molar-refractivity contribution is 0.0966. The molecule has 1 aromatic heterocycles. The second-order valence-corrected chi connectivity index (χ2v) is 5.40. The zero-order valence-electron chi connectivity index (χ0n) is 12.2. The van der Waals surface area contributed by atoms with Crippen LogP contribution in [0.5, 0.6) is 0 Å². The Labute approximate surface area is 132 Å². The normalized spacial score (nSPS) is 14.4. The lowest BCUT2D eigenvalue weighted by atomic mass is 10.1. The molecule has 114 valence electrons. The van der Waals surface area contributed by atoms with E-state index in [-0.39, 0.29) is 5.91 Å². The maximum Gasteiger partial charge on any atom is 0.258 e. The molecule has 23 heavy (non-hydrogen) atoms. The van der Waals surface area contributed by atoms with Gasteiger partial charge < -0.3 is 15.6 Å². The molecular formula is C17H14N4O2. The van der Waals surface area contributed by atoms with E-state index >= 15 is 0 Å². The molecule has 6 nitrogen and oxygen atoms in total. The lowest BCUT2D eigenvalue weighted by Gasteiger charge is -2.06. The average molecular weight is 306 g/mol. The van der Waals surface area contributed by atoms with E-state index in [1.54, 1.807) is 12.1 Å². The minimum absolute atomic E-state index is 0.0520. The number of hydrogen-bond acceptors (Lipinski definition) is 5. The number of benzene rings is 2. The monoisotopic (exact) mass is 306 g/mol. The molecule has 3 N–H and O–H groups in total. The number of rotatable bonds is 3. The van der Waals surface area contributed by atoms with E-state index in [1.165, 1.54) is 0 Å². The van der Waals surface area contributed by atoms with Crippen LogP contribution in [0.1, 0.15) is 33.4 Å². The van der Waals surface area contributed by atoms with Gasteiger partial charge >= 0.3 is 0 Å². The highest BCUT2D eigenvalue weighted by Gasteiger charge is 2.21. The van der Waals surface area contributed by atoms with Crippen molar-refractivity contribution < 1.29 is 9.32 Å². The Morgan fingerprint density at radius 1 is 1.17 bits per heavy atom. The zero-order chi connectivity index (χ0) is 15.8. The molecule has 4 rings (SSSR count). The number of nitrogens with one attached hydrogen (secondary N) is 1. The molecule has 0 radical (unpaired) electrons. The summed E-state index contributed by atoms with van der Waals surface area (Å²) in [6.07, 6.45) is 0. The zero-order valence-corrected chi connectivity index (χ0v) is 12.2. The van der Waals surface area contributed by atoms with Crippen LogP contribution in [0.15, 0.2) is 53.1 Å². The highest BCUT2D eigenvalue weighted by molar-refractivity contribution is 5.98. The van der Waals surface area contributed by atoms with Gasteiger partial charge in [0.1, 0.15) is 0 Å².